The van der Waals surface area contributed by atoms with E-state index < -0.39 is 6.03 Å². The first-order chi connectivity index (χ1) is 5.16. The Bertz CT molecular complexity index is 245. The molecule has 0 saturated carbocycles. The zero-order valence-corrected chi connectivity index (χ0v) is 5.96. The second kappa shape index (κ2) is 2.57. The van der Waals surface area contributed by atoms with Crippen molar-refractivity contribution in [1.29, 1.82) is 0 Å². The molecule has 0 bridgehead atoms. The first-order valence-corrected chi connectivity index (χ1v) is 3.09. The summed E-state index contributed by atoms with van der Waals surface area (Å²) >= 11 is 0. The van der Waals surface area contributed by atoms with Crippen molar-refractivity contribution in [2.24, 2.45) is 0 Å². The fraction of sp³-hybridized carbons (Fsp3) is 0.143. The third-order valence-electron chi connectivity index (χ3n) is 1.32. The number of carbonyl (C=O) groups is 2. The molecule has 0 aromatic carbocycles. The third kappa shape index (κ3) is 1.14. The van der Waals surface area contributed by atoms with E-state index in [4.69, 9.17) is 0 Å². The van der Waals surface area contributed by atoms with Gasteiger partial charge in [0.25, 0.3) is 5.91 Å². The highest BCUT2D eigenvalue weighted by molar-refractivity contribution is 6.11. The molecule has 1 fully saturated rings. The van der Waals surface area contributed by atoms with Crippen molar-refractivity contribution in [2.45, 2.75) is 0 Å². The minimum absolute atomic E-state index is 0.122. The van der Waals surface area contributed by atoms with Gasteiger partial charge >= 0.3 is 6.03 Å². The van der Waals surface area contributed by atoms with Gasteiger partial charge in [-0.3, -0.25) is 9.69 Å². The van der Waals surface area contributed by atoms with E-state index in [1.165, 1.54) is 6.08 Å². The summed E-state index contributed by atoms with van der Waals surface area (Å²) in [6, 6.07) is -0.431. The largest absolute Gasteiger partial charge is 0.329 e. The fourth-order valence-corrected chi connectivity index (χ4v) is 0.800. The van der Waals surface area contributed by atoms with Gasteiger partial charge in [-0.15, -0.1) is 6.58 Å². The van der Waals surface area contributed by atoms with E-state index in [1.54, 1.807) is 0 Å². The van der Waals surface area contributed by atoms with Gasteiger partial charge in [0, 0.05) is 6.54 Å². The van der Waals surface area contributed by atoms with E-state index in [0.717, 1.165) is 4.90 Å². The van der Waals surface area contributed by atoms with Gasteiger partial charge < -0.3 is 5.32 Å². The minimum atomic E-state index is -0.431. The zero-order valence-electron chi connectivity index (χ0n) is 5.96. The number of urea groups is 1. The van der Waals surface area contributed by atoms with Crippen LogP contribution < -0.4 is 5.32 Å². The number of carbonyl (C=O) groups excluding carboxylic acids is 2. The monoisotopic (exact) mass is 152 g/mol. The number of nitrogens with zero attached hydrogens (tertiary/aromatic N) is 1. The molecule has 0 unspecified atom stereocenters. The zero-order chi connectivity index (χ0) is 8.43. The van der Waals surface area contributed by atoms with Crippen LogP contribution >= 0.6 is 0 Å². The SMILES string of the molecule is C=CCN1C(=O)NC(=C)C1=O. The van der Waals surface area contributed by atoms with Crippen LogP contribution in [-0.2, 0) is 4.79 Å². The highest BCUT2D eigenvalue weighted by Crippen LogP contribution is 2.06. The molecule has 1 aliphatic rings. The van der Waals surface area contributed by atoms with Crippen LogP contribution in [0, 0.1) is 0 Å². The van der Waals surface area contributed by atoms with Crippen molar-refractivity contribution in [3.8, 4) is 0 Å². The van der Waals surface area contributed by atoms with Crippen LogP contribution in [0.2, 0.25) is 0 Å². The number of imide groups is 1. The van der Waals surface area contributed by atoms with Crippen LogP contribution in [0.15, 0.2) is 24.9 Å². The van der Waals surface area contributed by atoms with Gasteiger partial charge in [-0.05, 0) is 0 Å². The molecule has 0 aliphatic carbocycles. The Morgan fingerprint density at radius 1 is 1.55 bits per heavy atom. The number of hydrogen-bond acceptors (Lipinski definition) is 2. The molecule has 0 aromatic rings. The Kier molecular flexibility index (Phi) is 1.76. The van der Waals surface area contributed by atoms with Gasteiger partial charge in [0.05, 0.1) is 0 Å². The van der Waals surface area contributed by atoms with Crippen LogP contribution in [0.25, 0.3) is 0 Å². The molecular weight excluding hydrogens is 144 g/mol. The Balaban J connectivity index is 2.79. The number of hydrogen-bond donors (Lipinski definition) is 1. The van der Waals surface area contributed by atoms with Crippen molar-refractivity contribution in [1.82, 2.24) is 10.2 Å². The normalized spacial score (nSPS) is 17.1. The molecular formula is C7H8N2O2. The summed E-state index contributed by atoms with van der Waals surface area (Å²) in [6.07, 6.45) is 1.48. The van der Waals surface area contributed by atoms with Crippen molar-refractivity contribution >= 4 is 11.9 Å². The summed E-state index contributed by atoms with van der Waals surface area (Å²) in [5.41, 5.74) is 0.122. The maximum atomic E-state index is 11.0. The number of rotatable bonds is 2. The lowest BCUT2D eigenvalue weighted by molar-refractivity contribution is -0.122. The first kappa shape index (κ1) is 7.53. The van der Waals surface area contributed by atoms with Gasteiger partial charge in [-0.1, -0.05) is 12.7 Å². The van der Waals surface area contributed by atoms with Crippen LogP contribution in [0.5, 0.6) is 0 Å². The van der Waals surface area contributed by atoms with Crippen LogP contribution in [0.3, 0.4) is 0 Å². The molecule has 4 heteroatoms. The van der Waals surface area contributed by atoms with E-state index in [-0.39, 0.29) is 18.1 Å². The molecule has 1 rings (SSSR count). The molecule has 1 saturated heterocycles. The standard InChI is InChI=1S/C7H8N2O2/c1-3-4-9-6(10)5(2)8-7(9)11/h3H,1-2,4H2,(H,8,11). The van der Waals surface area contributed by atoms with Crippen molar-refractivity contribution in [3.63, 3.8) is 0 Å². The Morgan fingerprint density at radius 3 is 2.55 bits per heavy atom. The third-order valence-corrected chi connectivity index (χ3v) is 1.32. The fourth-order valence-electron chi connectivity index (χ4n) is 0.800. The van der Waals surface area contributed by atoms with Crippen LogP contribution in [0.1, 0.15) is 0 Å². The van der Waals surface area contributed by atoms with Crippen molar-refractivity contribution in [3.05, 3.63) is 24.9 Å². The summed E-state index contributed by atoms with van der Waals surface area (Å²) in [5, 5.41) is 2.30. The Morgan fingerprint density at radius 2 is 2.18 bits per heavy atom. The predicted molar refractivity (Wildman–Crippen MR) is 39.6 cm³/mol. The summed E-state index contributed by atoms with van der Waals surface area (Å²) in [7, 11) is 0. The molecule has 4 nitrogen and oxygen atoms in total. The first-order valence-electron chi connectivity index (χ1n) is 3.09. The highest BCUT2D eigenvalue weighted by atomic mass is 16.2. The van der Waals surface area contributed by atoms with E-state index in [2.05, 4.69) is 18.5 Å². The predicted octanol–water partition coefficient (Wildman–Crippen LogP) is 0.238. The quantitative estimate of drug-likeness (QED) is 0.350. The van der Waals surface area contributed by atoms with Gasteiger partial charge in [0.1, 0.15) is 5.70 Å². The molecule has 0 spiro atoms. The molecule has 1 N–H and O–H groups in total. The van der Waals surface area contributed by atoms with Crippen molar-refractivity contribution < 1.29 is 9.59 Å². The summed E-state index contributed by atoms with van der Waals surface area (Å²) < 4.78 is 0. The molecule has 0 aromatic heterocycles. The van der Waals surface area contributed by atoms with E-state index in [0.29, 0.717) is 0 Å². The van der Waals surface area contributed by atoms with Gasteiger partial charge in [0.2, 0.25) is 0 Å². The maximum Gasteiger partial charge on any atom is 0.329 e. The smallest absolute Gasteiger partial charge is 0.303 e. The molecule has 0 radical (unpaired) electrons. The summed E-state index contributed by atoms with van der Waals surface area (Å²) in [5.74, 6) is -0.380. The maximum absolute atomic E-state index is 11.0. The summed E-state index contributed by atoms with van der Waals surface area (Å²) in [6.45, 7) is 7.00. The van der Waals surface area contributed by atoms with Crippen LogP contribution in [0.4, 0.5) is 4.79 Å². The average molecular weight is 152 g/mol. The molecule has 1 aliphatic heterocycles. The van der Waals surface area contributed by atoms with E-state index in [9.17, 15) is 9.59 Å². The average Bonchev–Trinajstić information content (AvgIpc) is 2.17. The van der Waals surface area contributed by atoms with Gasteiger partial charge in [-0.25, -0.2) is 4.79 Å². The minimum Gasteiger partial charge on any atom is -0.303 e. The summed E-state index contributed by atoms with van der Waals surface area (Å²) in [4.78, 5) is 22.9. The van der Waals surface area contributed by atoms with E-state index in [1.807, 2.05) is 0 Å². The Labute approximate surface area is 64.2 Å². The molecule has 11 heavy (non-hydrogen) atoms. The second-order valence-electron chi connectivity index (χ2n) is 2.11. The van der Waals surface area contributed by atoms with Gasteiger partial charge in [-0.2, -0.15) is 0 Å². The lowest BCUT2D eigenvalue weighted by Gasteiger charge is -2.06. The molecule has 1 heterocycles. The lowest BCUT2D eigenvalue weighted by atomic mass is 10.4. The number of nitrogens with one attached hydrogen (secondary N) is 1. The molecule has 0 atom stereocenters. The van der Waals surface area contributed by atoms with Crippen molar-refractivity contribution in [2.75, 3.05) is 6.54 Å². The second-order valence-corrected chi connectivity index (χ2v) is 2.11. The number of amides is 3. The van der Waals surface area contributed by atoms with E-state index >= 15 is 0 Å². The highest BCUT2D eigenvalue weighted by Gasteiger charge is 2.30. The topological polar surface area (TPSA) is 49.4 Å². The Hall–Kier alpha value is -1.58. The molecule has 3 amide bonds. The molecule has 58 valence electrons. The van der Waals surface area contributed by atoms with Gasteiger partial charge in [0.15, 0.2) is 0 Å². The van der Waals surface area contributed by atoms with Crippen LogP contribution in [-0.4, -0.2) is 23.4 Å². The lowest BCUT2D eigenvalue weighted by Crippen LogP contribution is -2.30.